The number of halogens is 3. The molecule has 1 nitrogen and oxygen atoms in total. The van der Waals surface area contributed by atoms with Crippen molar-refractivity contribution in [1.29, 1.82) is 0 Å². The lowest BCUT2D eigenvalue weighted by Gasteiger charge is -2.00. The van der Waals surface area contributed by atoms with Crippen molar-refractivity contribution >= 4 is 33.0 Å². The zero-order chi connectivity index (χ0) is 12.6. The Bertz CT molecular complexity index is 573. The van der Waals surface area contributed by atoms with Gasteiger partial charge in [-0.05, 0) is 41.1 Å². The van der Waals surface area contributed by atoms with Crippen molar-refractivity contribution in [2.24, 2.45) is 0 Å². The van der Waals surface area contributed by atoms with Crippen LogP contribution in [0.5, 0.6) is 0 Å². The van der Waals surface area contributed by atoms with E-state index in [0.29, 0.717) is 10.9 Å². The maximum absolute atomic E-state index is 13.4. The molecule has 2 aromatic rings. The van der Waals surface area contributed by atoms with E-state index in [-0.39, 0.29) is 5.56 Å². The summed E-state index contributed by atoms with van der Waals surface area (Å²) in [5.41, 5.74) is -0.111. The van der Waals surface area contributed by atoms with Crippen molar-refractivity contribution < 1.29 is 13.6 Å². The highest BCUT2D eigenvalue weighted by Crippen LogP contribution is 2.28. The molecule has 0 radical (unpaired) electrons. The Morgan fingerprint density at radius 2 is 2.00 bits per heavy atom. The van der Waals surface area contributed by atoms with Crippen LogP contribution in [0.3, 0.4) is 0 Å². The fraction of sp³-hybridized carbons (Fsp3) is 0.0833. The first-order chi connectivity index (χ1) is 7.99. The van der Waals surface area contributed by atoms with Gasteiger partial charge in [0.25, 0.3) is 0 Å². The van der Waals surface area contributed by atoms with Crippen molar-refractivity contribution in [2.75, 3.05) is 0 Å². The quantitative estimate of drug-likeness (QED) is 0.754. The van der Waals surface area contributed by atoms with Gasteiger partial charge in [0.1, 0.15) is 11.6 Å². The average molecular weight is 317 g/mol. The second-order valence-corrected chi connectivity index (χ2v) is 5.58. The predicted octanol–water partition coefficient (Wildman–Crippen LogP) is 4.33. The molecule has 0 atom stereocenters. The molecule has 0 amide bonds. The number of thiophene rings is 1. The Morgan fingerprint density at radius 1 is 1.29 bits per heavy atom. The number of rotatable bonds is 2. The van der Waals surface area contributed by atoms with Crippen molar-refractivity contribution in [3.8, 4) is 0 Å². The molecule has 2 rings (SSSR count). The smallest absolute Gasteiger partial charge is 0.205 e. The highest BCUT2D eigenvalue weighted by molar-refractivity contribution is 9.10. The molecule has 17 heavy (non-hydrogen) atoms. The van der Waals surface area contributed by atoms with Crippen LogP contribution in [0.2, 0.25) is 0 Å². The summed E-state index contributed by atoms with van der Waals surface area (Å²) in [7, 11) is 0. The summed E-state index contributed by atoms with van der Waals surface area (Å²) < 4.78 is 27.0. The van der Waals surface area contributed by atoms with Gasteiger partial charge in [-0.25, -0.2) is 8.78 Å². The minimum atomic E-state index is -0.836. The summed E-state index contributed by atoms with van der Waals surface area (Å²) in [5, 5.41) is 0. The van der Waals surface area contributed by atoms with Crippen LogP contribution in [0.4, 0.5) is 8.78 Å². The third-order valence-corrected chi connectivity index (χ3v) is 4.39. The van der Waals surface area contributed by atoms with Gasteiger partial charge < -0.3 is 0 Å². The lowest BCUT2D eigenvalue weighted by atomic mass is 10.1. The number of benzene rings is 1. The Balaban J connectivity index is 2.43. The maximum Gasteiger partial charge on any atom is 0.205 e. The fourth-order valence-electron chi connectivity index (χ4n) is 1.38. The van der Waals surface area contributed by atoms with Crippen LogP contribution in [-0.4, -0.2) is 5.78 Å². The third-order valence-electron chi connectivity index (χ3n) is 2.26. The molecule has 0 bridgehead atoms. The Kier molecular flexibility index (Phi) is 3.40. The zero-order valence-corrected chi connectivity index (χ0v) is 11.2. The van der Waals surface area contributed by atoms with Gasteiger partial charge in [0.05, 0.1) is 10.4 Å². The first-order valence-corrected chi connectivity index (χ1v) is 6.35. The second kappa shape index (κ2) is 4.66. The van der Waals surface area contributed by atoms with E-state index in [1.165, 1.54) is 11.3 Å². The molecule has 1 heterocycles. The molecule has 0 aliphatic heterocycles. The highest BCUT2D eigenvalue weighted by atomic mass is 79.9. The van der Waals surface area contributed by atoms with Crippen LogP contribution in [-0.2, 0) is 0 Å². The van der Waals surface area contributed by atoms with Gasteiger partial charge >= 0.3 is 0 Å². The van der Waals surface area contributed by atoms with Crippen LogP contribution in [0.1, 0.15) is 20.1 Å². The first kappa shape index (κ1) is 12.4. The Labute approximate surface area is 109 Å². The van der Waals surface area contributed by atoms with Crippen molar-refractivity contribution in [3.63, 3.8) is 0 Å². The van der Waals surface area contributed by atoms with Crippen LogP contribution in [0, 0.1) is 18.6 Å². The van der Waals surface area contributed by atoms with E-state index >= 15 is 0 Å². The number of hydrogen-bond acceptors (Lipinski definition) is 2. The molecule has 0 aliphatic rings. The summed E-state index contributed by atoms with van der Waals surface area (Å²) in [6, 6.07) is 4.59. The maximum atomic E-state index is 13.4. The minimum Gasteiger partial charge on any atom is -0.288 e. The SMILES string of the molecule is Cc1sc(C(=O)c2ccc(F)cc2F)cc1Br. The molecule has 88 valence electrons. The van der Waals surface area contributed by atoms with Gasteiger partial charge in [-0.1, -0.05) is 0 Å². The highest BCUT2D eigenvalue weighted by Gasteiger charge is 2.17. The molecule has 0 fully saturated rings. The Morgan fingerprint density at radius 3 is 2.53 bits per heavy atom. The van der Waals surface area contributed by atoms with Gasteiger partial charge in [0.15, 0.2) is 0 Å². The van der Waals surface area contributed by atoms with Crippen LogP contribution < -0.4 is 0 Å². The summed E-state index contributed by atoms with van der Waals surface area (Å²) >= 11 is 4.56. The molecule has 0 saturated heterocycles. The van der Waals surface area contributed by atoms with E-state index in [9.17, 15) is 13.6 Å². The van der Waals surface area contributed by atoms with Gasteiger partial charge in [-0.3, -0.25) is 4.79 Å². The molecular weight excluding hydrogens is 310 g/mol. The number of aryl methyl sites for hydroxylation is 1. The van der Waals surface area contributed by atoms with Gasteiger partial charge in [0.2, 0.25) is 5.78 Å². The topological polar surface area (TPSA) is 17.1 Å². The van der Waals surface area contributed by atoms with Gasteiger partial charge in [-0.15, -0.1) is 11.3 Å². The van der Waals surface area contributed by atoms with E-state index in [0.717, 1.165) is 21.5 Å². The van der Waals surface area contributed by atoms with Crippen molar-refractivity contribution in [2.45, 2.75) is 6.92 Å². The summed E-state index contributed by atoms with van der Waals surface area (Å²) in [6.07, 6.45) is 0. The molecule has 0 spiro atoms. The third kappa shape index (κ3) is 2.45. The molecular formula is C12H7BrF2OS. The first-order valence-electron chi connectivity index (χ1n) is 4.74. The largest absolute Gasteiger partial charge is 0.288 e. The molecule has 0 unspecified atom stereocenters. The number of hydrogen-bond donors (Lipinski definition) is 0. The molecule has 1 aromatic carbocycles. The van der Waals surface area contributed by atoms with E-state index in [1.54, 1.807) is 6.07 Å². The number of carbonyl (C=O) groups is 1. The van der Waals surface area contributed by atoms with Crippen molar-refractivity contribution in [1.82, 2.24) is 0 Å². The van der Waals surface area contributed by atoms with E-state index in [4.69, 9.17) is 0 Å². The molecule has 0 aliphatic carbocycles. The normalized spacial score (nSPS) is 10.6. The fourth-order valence-corrected chi connectivity index (χ4v) is 2.87. The molecule has 0 N–H and O–H groups in total. The van der Waals surface area contributed by atoms with Gasteiger partial charge in [0, 0.05) is 15.4 Å². The van der Waals surface area contributed by atoms with E-state index in [2.05, 4.69) is 15.9 Å². The van der Waals surface area contributed by atoms with Crippen molar-refractivity contribution in [3.05, 3.63) is 55.7 Å². The lowest BCUT2D eigenvalue weighted by molar-refractivity contribution is 0.103. The zero-order valence-electron chi connectivity index (χ0n) is 8.76. The van der Waals surface area contributed by atoms with Gasteiger partial charge in [-0.2, -0.15) is 0 Å². The minimum absolute atomic E-state index is 0.111. The lowest BCUT2D eigenvalue weighted by Crippen LogP contribution is -2.02. The van der Waals surface area contributed by atoms with Crippen LogP contribution >= 0.6 is 27.3 Å². The molecule has 0 saturated carbocycles. The average Bonchev–Trinajstić information content (AvgIpc) is 2.58. The monoisotopic (exact) mass is 316 g/mol. The molecule has 1 aromatic heterocycles. The Hall–Kier alpha value is -1.07. The predicted molar refractivity (Wildman–Crippen MR) is 66.5 cm³/mol. The van der Waals surface area contributed by atoms with Crippen LogP contribution in [0.15, 0.2) is 28.7 Å². The second-order valence-electron chi connectivity index (χ2n) is 3.47. The number of carbonyl (C=O) groups excluding carboxylic acids is 1. The summed E-state index contributed by atoms with van der Waals surface area (Å²) in [4.78, 5) is 13.3. The van der Waals surface area contributed by atoms with E-state index in [1.807, 2.05) is 6.92 Å². The van der Waals surface area contributed by atoms with Crippen LogP contribution in [0.25, 0.3) is 0 Å². The van der Waals surface area contributed by atoms with E-state index < -0.39 is 17.4 Å². The molecule has 5 heteroatoms. The summed E-state index contributed by atoms with van der Waals surface area (Å²) in [5.74, 6) is -1.96. The number of ketones is 1. The standard InChI is InChI=1S/C12H7BrF2OS/c1-6-9(13)5-11(17-6)12(16)8-3-2-7(14)4-10(8)15/h2-5H,1H3. The summed E-state index contributed by atoms with van der Waals surface area (Å²) in [6.45, 7) is 1.85.